The highest BCUT2D eigenvalue weighted by Crippen LogP contribution is 2.31. The van der Waals surface area contributed by atoms with Crippen LogP contribution in [0.3, 0.4) is 0 Å². The van der Waals surface area contributed by atoms with Crippen molar-refractivity contribution in [3.8, 4) is 0 Å². The van der Waals surface area contributed by atoms with Gasteiger partial charge in [-0.1, -0.05) is 6.92 Å². The summed E-state index contributed by atoms with van der Waals surface area (Å²) in [5, 5.41) is 12.7. The summed E-state index contributed by atoms with van der Waals surface area (Å²) in [4.78, 5) is 4.22. The summed E-state index contributed by atoms with van der Waals surface area (Å²) in [5.41, 5.74) is 7.63. The van der Waals surface area contributed by atoms with Crippen molar-refractivity contribution in [2.24, 2.45) is 7.05 Å². The van der Waals surface area contributed by atoms with Gasteiger partial charge in [0.1, 0.15) is 10.9 Å². The van der Waals surface area contributed by atoms with Gasteiger partial charge in [0.25, 0.3) is 0 Å². The van der Waals surface area contributed by atoms with E-state index in [-0.39, 0.29) is 0 Å². The summed E-state index contributed by atoms with van der Waals surface area (Å²) >= 11 is 1.42. The van der Waals surface area contributed by atoms with Gasteiger partial charge in [0.15, 0.2) is 0 Å². The van der Waals surface area contributed by atoms with Crippen LogP contribution in [-0.4, -0.2) is 25.0 Å². The lowest BCUT2D eigenvalue weighted by molar-refractivity contribution is 0.686. The van der Waals surface area contributed by atoms with Gasteiger partial charge in [-0.3, -0.25) is 9.78 Å². The monoisotopic (exact) mass is 238 g/mol. The Morgan fingerprint density at radius 2 is 2.25 bits per heavy atom. The number of hydrogen-bond donors (Lipinski definition) is 2. The van der Waals surface area contributed by atoms with Crippen LogP contribution in [0.1, 0.15) is 18.4 Å². The first kappa shape index (κ1) is 11.0. The zero-order valence-electron chi connectivity index (χ0n) is 9.48. The molecule has 6 nitrogen and oxygen atoms in total. The fourth-order valence-electron chi connectivity index (χ4n) is 1.41. The van der Waals surface area contributed by atoms with Crippen molar-refractivity contribution in [2.75, 3.05) is 5.73 Å². The molecule has 0 radical (unpaired) electrons. The van der Waals surface area contributed by atoms with Gasteiger partial charge in [-0.25, -0.2) is 4.98 Å². The van der Waals surface area contributed by atoms with Crippen LogP contribution < -0.4 is 5.73 Å². The van der Waals surface area contributed by atoms with E-state index in [0.29, 0.717) is 5.16 Å². The number of aryl methyl sites for hydroxylation is 3. The lowest BCUT2D eigenvalue weighted by Gasteiger charge is -1.98. The molecular formula is C9H14N6S. The molecule has 7 heteroatoms. The predicted molar refractivity (Wildman–Crippen MR) is 62.2 cm³/mol. The van der Waals surface area contributed by atoms with Crippen LogP contribution in [0.2, 0.25) is 0 Å². The zero-order valence-corrected chi connectivity index (χ0v) is 10.3. The summed E-state index contributed by atoms with van der Waals surface area (Å²) in [5.74, 6) is 0.791. The first-order valence-corrected chi connectivity index (χ1v) is 5.81. The van der Waals surface area contributed by atoms with Crippen molar-refractivity contribution in [1.82, 2.24) is 25.0 Å². The van der Waals surface area contributed by atoms with Gasteiger partial charge < -0.3 is 5.73 Å². The van der Waals surface area contributed by atoms with E-state index >= 15 is 0 Å². The van der Waals surface area contributed by atoms with Crippen molar-refractivity contribution >= 4 is 17.4 Å². The fraction of sp³-hybridized carbons (Fsp3) is 0.444. The average Bonchev–Trinajstić information content (AvgIpc) is 2.77. The number of aromatic nitrogens is 5. The largest absolute Gasteiger partial charge is 0.395 e. The third-order valence-corrected chi connectivity index (χ3v) is 3.25. The quantitative estimate of drug-likeness (QED) is 0.837. The van der Waals surface area contributed by atoms with Crippen LogP contribution in [0.4, 0.5) is 5.69 Å². The number of hydrogen-bond acceptors (Lipinski definition) is 5. The molecule has 16 heavy (non-hydrogen) atoms. The summed E-state index contributed by atoms with van der Waals surface area (Å²) in [6.07, 6.45) is 0.827. The lowest BCUT2D eigenvalue weighted by Crippen LogP contribution is -1.94. The van der Waals surface area contributed by atoms with Crippen molar-refractivity contribution in [3.05, 3.63) is 11.5 Å². The number of aromatic amines is 1. The summed E-state index contributed by atoms with van der Waals surface area (Å²) < 4.78 is 1.77. The maximum atomic E-state index is 6.00. The van der Waals surface area contributed by atoms with E-state index in [0.717, 1.165) is 28.7 Å². The van der Waals surface area contributed by atoms with E-state index < -0.39 is 0 Å². The molecule has 0 aliphatic carbocycles. The van der Waals surface area contributed by atoms with Gasteiger partial charge in [-0.2, -0.15) is 5.10 Å². The van der Waals surface area contributed by atoms with E-state index in [2.05, 4.69) is 20.3 Å². The smallest absolute Gasteiger partial charge is 0.214 e. The highest BCUT2D eigenvalue weighted by molar-refractivity contribution is 7.99. The van der Waals surface area contributed by atoms with Crippen LogP contribution in [0.5, 0.6) is 0 Å². The highest BCUT2D eigenvalue weighted by atomic mass is 32.2. The number of nitrogens with two attached hydrogens (primary N) is 1. The average molecular weight is 238 g/mol. The Morgan fingerprint density at radius 3 is 2.75 bits per heavy atom. The molecule has 0 amide bonds. The standard InChI is InChI=1S/C9H14N6S/c1-4-6-7(10)8(15(3)14-6)16-9-11-5(2)12-13-9/h4,10H2,1-3H3,(H,11,12,13). The maximum Gasteiger partial charge on any atom is 0.214 e. The molecule has 86 valence electrons. The summed E-state index contributed by atoms with van der Waals surface area (Å²) in [6.45, 7) is 3.89. The molecule has 2 heterocycles. The molecule has 0 unspecified atom stereocenters. The van der Waals surface area contributed by atoms with E-state index in [9.17, 15) is 0 Å². The van der Waals surface area contributed by atoms with Gasteiger partial charge in [-0.05, 0) is 25.1 Å². The molecule has 0 aromatic carbocycles. The van der Waals surface area contributed by atoms with Crippen molar-refractivity contribution in [2.45, 2.75) is 30.5 Å². The Balaban J connectivity index is 2.30. The third-order valence-electron chi connectivity index (χ3n) is 2.21. The first-order valence-electron chi connectivity index (χ1n) is 5.00. The van der Waals surface area contributed by atoms with E-state index in [4.69, 9.17) is 5.73 Å². The van der Waals surface area contributed by atoms with Gasteiger partial charge in [0.2, 0.25) is 5.16 Å². The van der Waals surface area contributed by atoms with Crippen LogP contribution in [0.15, 0.2) is 10.2 Å². The van der Waals surface area contributed by atoms with Crippen molar-refractivity contribution in [3.63, 3.8) is 0 Å². The maximum absolute atomic E-state index is 6.00. The number of anilines is 1. The highest BCUT2D eigenvalue weighted by Gasteiger charge is 2.15. The molecule has 3 N–H and O–H groups in total. The Kier molecular flexibility index (Phi) is 2.86. The number of nitrogen functional groups attached to an aromatic ring is 1. The molecule has 0 saturated carbocycles. The molecule has 0 atom stereocenters. The van der Waals surface area contributed by atoms with Crippen LogP contribution in [0, 0.1) is 6.92 Å². The molecule has 2 aromatic heterocycles. The predicted octanol–water partition coefficient (Wildman–Crippen LogP) is 1.14. The van der Waals surface area contributed by atoms with E-state index in [1.807, 2.05) is 20.9 Å². The number of nitrogens with one attached hydrogen (secondary N) is 1. The number of H-pyrrole nitrogens is 1. The Morgan fingerprint density at radius 1 is 1.50 bits per heavy atom. The minimum absolute atomic E-state index is 0.662. The molecule has 2 rings (SSSR count). The van der Waals surface area contributed by atoms with Gasteiger partial charge in [0, 0.05) is 7.05 Å². The zero-order chi connectivity index (χ0) is 11.7. The second kappa shape index (κ2) is 4.17. The second-order valence-corrected chi connectivity index (χ2v) is 4.40. The van der Waals surface area contributed by atoms with Crippen LogP contribution in [0.25, 0.3) is 0 Å². The van der Waals surface area contributed by atoms with E-state index in [1.165, 1.54) is 11.8 Å². The molecule has 2 aromatic rings. The number of rotatable bonds is 3. The Labute approximate surface area is 97.6 Å². The van der Waals surface area contributed by atoms with Gasteiger partial charge >= 0.3 is 0 Å². The molecule has 0 bridgehead atoms. The number of nitrogens with zero attached hydrogens (tertiary/aromatic N) is 4. The summed E-state index contributed by atoms with van der Waals surface area (Å²) in [7, 11) is 1.87. The molecule has 0 aliphatic rings. The SMILES string of the molecule is CCc1nn(C)c(Sc2n[nH]c(C)n2)c1N. The minimum atomic E-state index is 0.662. The van der Waals surface area contributed by atoms with Crippen LogP contribution in [-0.2, 0) is 13.5 Å². The van der Waals surface area contributed by atoms with Crippen LogP contribution >= 0.6 is 11.8 Å². The molecule has 0 aliphatic heterocycles. The van der Waals surface area contributed by atoms with E-state index in [1.54, 1.807) is 4.68 Å². The molecular weight excluding hydrogens is 224 g/mol. The van der Waals surface area contributed by atoms with Crippen molar-refractivity contribution < 1.29 is 0 Å². The van der Waals surface area contributed by atoms with Crippen molar-refractivity contribution in [1.29, 1.82) is 0 Å². The molecule has 0 saturated heterocycles. The van der Waals surface area contributed by atoms with Gasteiger partial charge in [0.05, 0.1) is 11.4 Å². The first-order chi connectivity index (χ1) is 7.61. The fourth-order valence-corrected chi connectivity index (χ4v) is 2.26. The van der Waals surface area contributed by atoms with Gasteiger partial charge in [-0.15, -0.1) is 5.10 Å². The molecule has 0 spiro atoms. The third kappa shape index (κ3) is 1.90. The Bertz CT molecular complexity index is 500. The topological polar surface area (TPSA) is 85.4 Å². The lowest BCUT2D eigenvalue weighted by atomic mass is 10.3. The molecule has 0 fully saturated rings. The minimum Gasteiger partial charge on any atom is -0.395 e. The normalized spacial score (nSPS) is 10.9. The Hall–Kier alpha value is -1.50. The summed E-state index contributed by atoms with van der Waals surface area (Å²) in [6, 6.07) is 0. The second-order valence-electron chi connectivity index (χ2n) is 3.45.